The van der Waals surface area contributed by atoms with Crippen LogP contribution in [0.4, 0.5) is 11.4 Å². The van der Waals surface area contributed by atoms with E-state index in [1.54, 1.807) is 19.1 Å². The first-order chi connectivity index (χ1) is 12.7. The normalized spacial score (nSPS) is 11.2. The van der Waals surface area contributed by atoms with E-state index in [-0.39, 0.29) is 19.4 Å². The lowest BCUT2D eigenvalue weighted by Gasteiger charge is -2.26. The molecule has 8 nitrogen and oxygen atoms in total. The zero-order valence-electron chi connectivity index (χ0n) is 15.0. The van der Waals surface area contributed by atoms with Crippen LogP contribution in [0.15, 0.2) is 47.4 Å². The van der Waals surface area contributed by atoms with Crippen LogP contribution in [0.1, 0.15) is 24.0 Å². The maximum Gasteiger partial charge on any atom is 0.303 e. The van der Waals surface area contributed by atoms with Crippen molar-refractivity contribution >= 4 is 27.4 Å². The average molecular weight is 392 g/mol. The number of aliphatic carboxylic acids is 1. The maximum absolute atomic E-state index is 13.3. The average Bonchev–Trinajstić information content (AvgIpc) is 2.61. The van der Waals surface area contributed by atoms with E-state index in [9.17, 15) is 23.3 Å². The third-order valence-electron chi connectivity index (χ3n) is 4.23. The first kappa shape index (κ1) is 20.4. The van der Waals surface area contributed by atoms with E-state index in [4.69, 9.17) is 5.11 Å². The molecule has 0 spiro atoms. The fourth-order valence-corrected chi connectivity index (χ4v) is 4.42. The largest absolute Gasteiger partial charge is 0.481 e. The summed E-state index contributed by atoms with van der Waals surface area (Å²) in [6.07, 6.45) is -0.143. The Labute approximate surface area is 157 Å². The molecule has 0 unspecified atom stereocenters. The van der Waals surface area contributed by atoms with Crippen molar-refractivity contribution in [3.63, 3.8) is 0 Å². The Hall–Kier alpha value is -2.94. The van der Waals surface area contributed by atoms with Crippen LogP contribution >= 0.6 is 0 Å². The highest BCUT2D eigenvalue weighted by Gasteiger charge is 2.32. The summed E-state index contributed by atoms with van der Waals surface area (Å²) in [4.78, 5) is 21.0. The van der Waals surface area contributed by atoms with Crippen molar-refractivity contribution in [1.29, 1.82) is 0 Å². The number of sulfonamides is 1. The van der Waals surface area contributed by atoms with Gasteiger partial charge in [0.25, 0.3) is 15.7 Å². The molecule has 0 bridgehead atoms. The summed E-state index contributed by atoms with van der Waals surface area (Å²) < 4.78 is 27.6. The topological polar surface area (TPSA) is 118 Å². The van der Waals surface area contributed by atoms with Gasteiger partial charge in [-0.3, -0.25) is 19.2 Å². The summed E-state index contributed by atoms with van der Waals surface area (Å²) >= 11 is 0. The lowest BCUT2D eigenvalue weighted by molar-refractivity contribution is -0.387. The van der Waals surface area contributed by atoms with Crippen LogP contribution in [-0.2, 0) is 14.8 Å². The van der Waals surface area contributed by atoms with Crippen LogP contribution in [0.2, 0.25) is 0 Å². The fraction of sp³-hybridized carbons (Fsp3) is 0.278. The number of aryl methyl sites for hydroxylation is 1. The van der Waals surface area contributed by atoms with E-state index in [1.807, 2.05) is 13.0 Å². The van der Waals surface area contributed by atoms with E-state index >= 15 is 0 Å². The molecule has 0 atom stereocenters. The highest BCUT2D eigenvalue weighted by atomic mass is 32.2. The molecule has 0 aromatic heterocycles. The molecule has 0 saturated carbocycles. The summed E-state index contributed by atoms with van der Waals surface area (Å²) in [5, 5.41) is 20.2. The van der Waals surface area contributed by atoms with E-state index in [2.05, 4.69) is 0 Å². The number of carbonyl (C=O) groups is 1. The molecule has 0 aliphatic heterocycles. The molecule has 27 heavy (non-hydrogen) atoms. The van der Waals surface area contributed by atoms with Gasteiger partial charge in [-0.05, 0) is 43.5 Å². The second-order valence-electron chi connectivity index (χ2n) is 6.02. The molecule has 0 aliphatic rings. The van der Waals surface area contributed by atoms with Gasteiger partial charge >= 0.3 is 5.97 Å². The van der Waals surface area contributed by atoms with Gasteiger partial charge in [-0.25, -0.2) is 8.42 Å². The minimum Gasteiger partial charge on any atom is -0.481 e. The van der Waals surface area contributed by atoms with Gasteiger partial charge in [0.15, 0.2) is 4.90 Å². The summed E-state index contributed by atoms with van der Waals surface area (Å²) in [6.45, 7) is 3.47. The van der Waals surface area contributed by atoms with Gasteiger partial charge in [-0.2, -0.15) is 0 Å². The van der Waals surface area contributed by atoms with Crippen LogP contribution in [0.3, 0.4) is 0 Å². The molecular weight excluding hydrogens is 372 g/mol. The Balaban J connectivity index is 2.60. The van der Waals surface area contributed by atoms with E-state index in [0.29, 0.717) is 11.3 Å². The van der Waals surface area contributed by atoms with Gasteiger partial charge in [-0.1, -0.05) is 24.3 Å². The molecule has 0 saturated heterocycles. The highest BCUT2D eigenvalue weighted by molar-refractivity contribution is 7.93. The predicted octanol–water partition coefficient (Wildman–Crippen LogP) is 3.27. The van der Waals surface area contributed by atoms with Crippen LogP contribution in [0.5, 0.6) is 0 Å². The number of nitro benzene ring substituents is 1. The van der Waals surface area contributed by atoms with Crippen LogP contribution in [-0.4, -0.2) is 31.0 Å². The number of hydrogen-bond donors (Lipinski definition) is 1. The lowest BCUT2D eigenvalue weighted by atomic mass is 10.1. The first-order valence-electron chi connectivity index (χ1n) is 8.20. The van der Waals surface area contributed by atoms with Gasteiger partial charge in [0.05, 0.1) is 10.6 Å². The Morgan fingerprint density at radius 1 is 1.15 bits per heavy atom. The number of rotatable bonds is 8. The Morgan fingerprint density at radius 3 is 2.44 bits per heavy atom. The van der Waals surface area contributed by atoms with Crippen molar-refractivity contribution in [2.45, 2.75) is 31.6 Å². The monoisotopic (exact) mass is 392 g/mol. The summed E-state index contributed by atoms with van der Waals surface area (Å²) in [6, 6.07) is 10.2. The molecule has 9 heteroatoms. The number of hydrogen-bond acceptors (Lipinski definition) is 5. The van der Waals surface area contributed by atoms with Gasteiger partial charge in [0.1, 0.15) is 0 Å². The van der Waals surface area contributed by atoms with Crippen molar-refractivity contribution < 1.29 is 23.2 Å². The molecule has 2 aromatic rings. The quantitative estimate of drug-likeness (QED) is 0.544. The minimum absolute atomic E-state index is 0.0720. The Morgan fingerprint density at radius 2 is 1.81 bits per heavy atom. The van der Waals surface area contributed by atoms with Crippen LogP contribution in [0, 0.1) is 24.0 Å². The molecule has 0 aliphatic carbocycles. The number of nitrogens with zero attached hydrogens (tertiary/aromatic N) is 2. The third kappa shape index (κ3) is 4.43. The van der Waals surface area contributed by atoms with E-state index < -0.39 is 31.5 Å². The molecule has 0 radical (unpaired) electrons. The lowest BCUT2D eigenvalue weighted by Crippen LogP contribution is -2.33. The number of anilines is 1. The molecule has 144 valence electrons. The van der Waals surface area contributed by atoms with Crippen molar-refractivity contribution in [3.05, 3.63) is 63.7 Å². The fourth-order valence-electron chi connectivity index (χ4n) is 2.69. The third-order valence-corrected chi connectivity index (χ3v) is 6.09. The van der Waals surface area contributed by atoms with Crippen molar-refractivity contribution in [2.75, 3.05) is 10.8 Å². The summed E-state index contributed by atoms with van der Waals surface area (Å²) in [5.41, 5.74) is 1.41. The van der Waals surface area contributed by atoms with Crippen molar-refractivity contribution in [1.82, 2.24) is 0 Å². The van der Waals surface area contributed by atoms with Crippen molar-refractivity contribution in [2.24, 2.45) is 0 Å². The predicted molar refractivity (Wildman–Crippen MR) is 100 cm³/mol. The van der Waals surface area contributed by atoms with Gasteiger partial charge < -0.3 is 5.11 Å². The summed E-state index contributed by atoms with van der Waals surface area (Å²) in [7, 11) is -4.27. The molecule has 0 heterocycles. The van der Waals surface area contributed by atoms with E-state index in [1.165, 1.54) is 18.2 Å². The zero-order chi connectivity index (χ0) is 20.2. The number of carboxylic acids is 1. The number of para-hydroxylation sites is 1. The SMILES string of the molecule is Cc1cccc(N(CCCC(=O)O)S(=O)(=O)c2ccccc2[N+](=O)[O-])c1C. The summed E-state index contributed by atoms with van der Waals surface area (Å²) in [5.74, 6) is -1.04. The molecule has 0 amide bonds. The van der Waals surface area contributed by atoms with Crippen LogP contribution in [0.25, 0.3) is 0 Å². The molecule has 2 rings (SSSR count). The smallest absolute Gasteiger partial charge is 0.303 e. The van der Waals surface area contributed by atoms with Gasteiger partial charge in [0, 0.05) is 19.0 Å². The van der Waals surface area contributed by atoms with Crippen LogP contribution < -0.4 is 4.31 Å². The standard InChI is InChI=1S/C18H20N2O6S/c1-13-7-5-9-15(14(13)2)19(12-6-11-18(21)22)27(25,26)17-10-4-3-8-16(17)20(23)24/h3-5,7-10H,6,11-12H2,1-2H3,(H,21,22). The molecule has 0 fully saturated rings. The second kappa shape index (κ2) is 8.17. The van der Waals surface area contributed by atoms with Gasteiger partial charge in [0.2, 0.25) is 0 Å². The molecular formula is C18H20N2O6S. The second-order valence-corrected chi connectivity index (χ2v) is 7.85. The first-order valence-corrected chi connectivity index (χ1v) is 9.64. The Bertz CT molecular complexity index is 972. The number of carboxylic acid groups (broad SMARTS) is 1. The maximum atomic E-state index is 13.3. The number of benzene rings is 2. The Kier molecular flexibility index (Phi) is 6.17. The van der Waals surface area contributed by atoms with Crippen molar-refractivity contribution in [3.8, 4) is 0 Å². The van der Waals surface area contributed by atoms with Gasteiger partial charge in [-0.15, -0.1) is 0 Å². The molecule has 2 aromatic carbocycles. The highest BCUT2D eigenvalue weighted by Crippen LogP contribution is 2.32. The minimum atomic E-state index is -4.27. The zero-order valence-corrected chi connectivity index (χ0v) is 15.8. The number of nitro groups is 1. The molecule has 1 N–H and O–H groups in total. The van der Waals surface area contributed by atoms with E-state index in [0.717, 1.165) is 15.9 Å².